The first-order chi connectivity index (χ1) is 12.8. The Labute approximate surface area is 156 Å². The second kappa shape index (κ2) is 7.09. The number of aromatic nitrogens is 4. The summed E-state index contributed by atoms with van der Waals surface area (Å²) in [6, 6.07) is 14.7. The molecule has 0 saturated carbocycles. The Kier molecular flexibility index (Phi) is 4.50. The normalized spacial score (nSPS) is 12.2. The average Bonchev–Trinajstić information content (AvgIpc) is 3.35. The average molecular weight is 361 g/mol. The van der Waals surface area contributed by atoms with Crippen LogP contribution in [0, 0.1) is 0 Å². The van der Waals surface area contributed by atoms with Gasteiger partial charge in [0.2, 0.25) is 5.95 Å². The van der Waals surface area contributed by atoms with Crippen molar-refractivity contribution in [3.05, 3.63) is 71.4 Å². The van der Waals surface area contributed by atoms with Gasteiger partial charge in [0.05, 0.1) is 23.8 Å². The molecule has 1 aromatic carbocycles. The minimum atomic E-state index is 0.215. The van der Waals surface area contributed by atoms with Crippen LogP contribution < -0.4 is 5.73 Å². The quantitative estimate of drug-likeness (QED) is 0.562. The van der Waals surface area contributed by atoms with Crippen LogP contribution in [0.25, 0.3) is 22.5 Å². The zero-order valence-corrected chi connectivity index (χ0v) is 15.2. The van der Waals surface area contributed by atoms with Crippen LogP contribution >= 0.6 is 11.3 Å². The Bertz CT molecular complexity index is 975. The van der Waals surface area contributed by atoms with E-state index in [1.54, 1.807) is 23.7 Å². The third-order valence-electron chi connectivity index (χ3n) is 4.38. The number of hydrogen-bond donors (Lipinski definition) is 1. The number of nitrogen functional groups attached to an aromatic ring is 1. The van der Waals surface area contributed by atoms with Crippen LogP contribution in [-0.4, -0.2) is 19.5 Å². The Morgan fingerprint density at radius 2 is 1.77 bits per heavy atom. The highest BCUT2D eigenvalue weighted by molar-refractivity contribution is 7.10. The van der Waals surface area contributed by atoms with Gasteiger partial charge in [0.1, 0.15) is 0 Å². The molecule has 0 bridgehead atoms. The second-order valence-electron chi connectivity index (χ2n) is 5.98. The van der Waals surface area contributed by atoms with E-state index in [0.717, 1.165) is 28.9 Å². The first-order valence-corrected chi connectivity index (χ1v) is 9.39. The van der Waals surface area contributed by atoms with Crippen LogP contribution in [0.1, 0.15) is 24.3 Å². The van der Waals surface area contributed by atoms with Gasteiger partial charge in [-0.15, -0.1) is 11.3 Å². The Balaban J connectivity index is 1.92. The monoisotopic (exact) mass is 361 g/mol. The third-order valence-corrected chi connectivity index (χ3v) is 5.35. The lowest BCUT2D eigenvalue weighted by Gasteiger charge is -2.19. The van der Waals surface area contributed by atoms with Gasteiger partial charge in [0.25, 0.3) is 0 Å². The smallest absolute Gasteiger partial charge is 0.219 e. The van der Waals surface area contributed by atoms with Crippen molar-refractivity contribution >= 4 is 17.3 Å². The molecular formula is C20H19N5S. The van der Waals surface area contributed by atoms with Crippen LogP contribution in [0.2, 0.25) is 0 Å². The SMILES string of the molecule is CC[C@@H](c1cccs1)n1cnc(-c2ccccc2)c1-c1cnc(N)nc1. The predicted octanol–water partition coefficient (Wildman–Crippen LogP) is 4.65. The number of hydrogen-bond acceptors (Lipinski definition) is 5. The highest BCUT2D eigenvalue weighted by Gasteiger charge is 2.22. The largest absolute Gasteiger partial charge is 0.368 e. The molecule has 26 heavy (non-hydrogen) atoms. The van der Waals surface area contributed by atoms with E-state index in [4.69, 9.17) is 10.7 Å². The Morgan fingerprint density at radius 3 is 2.42 bits per heavy atom. The molecule has 0 spiro atoms. The van der Waals surface area contributed by atoms with E-state index in [2.05, 4.69) is 51.1 Å². The van der Waals surface area contributed by atoms with Crippen molar-refractivity contribution in [2.45, 2.75) is 19.4 Å². The summed E-state index contributed by atoms with van der Waals surface area (Å²) >= 11 is 1.76. The van der Waals surface area contributed by atoms with Gasteiger partial charge in [-0.05, 0) is 17.9 Å². The standard InChI is InChI=1S/C20H19N5S/c1-2-16(17-9-6-10-26-17)25-13-24-18(14-7-4-3-5-8-14)19(25)15-11-22-20(21)23-12-15/h3-13,16H,2H2,1H3,(H2,21,22,23)/t16-/m0/s1. The molecule has 4 aromatic rings. The molecule has 1 atom stereocenters. The van der Waals surface area contributed by atoms with Gasteiger partial charge in [0.15, 0.2) is 0 Å². The van der Waals surface area contributed by atoms with Gasteiger partial charge < -0.3 is 10.3 Å². The molecule has 6 heteroatoms. The summed E-state index contributed by atoms with van der Waals surface area (Å²) in [6.07, 6.45) is 6.42. The maximum Gasteiger partial charge on any atom is 0.219 e. The van der Waals surface area contributed by atoms with Crippen molar-refractivity contribution in [2.75, 3.05) is 5.73 Å². The summed E-state index contributed by atoms with van der Waals surface area (Å²) in [4.78, 5) is 14.4. The summed E-state index contributed by atoms with van der Waals surface area (Å²) in [5, 5.41) is 2.11. The first-order valence-electron chi connectivity index (χ1n) is 8.51. The molecule has 0 fully saturated rings. The fraction of sp³-hybridized carbons (Fsp3) is 0.150. The molecule has 5 nitrogen and oxygen atoms in total. The van der Waals surface area contributed by atoms with Crippen LogP contribution in [0.4, 0.5) is 5.95 Å². The molecule has 0 amide bonds. The molecule has 3 heterocycles. The molecule has 0 unspecified atom stereocenters. The molecule has 0 saturated heterocycles. The molecule has 130 valence electrons. The van der Waals surface area contributed by atoms with Crippen molar-refractivity contribution in [2.24, 2.45) is 0 Å². The van der Waals surface area contributed by atoms with Crippen molar-refractivity contribution in [3.8, 4) is 22.5 Å². The summed E-state index contributed by atoms with van der Waals surface area (Å²) in [7, 11) is 0. The lowest BCUT2D eigenvalue weighted by Crippen LogP contribution is -2.09. The molecule has 0 aliphatic heterocycles. The van der Waals surface area contributed by atoms with Gasteiger partial charge in [-0.25, -0.2) is 15.0 Å². The molecular weight excluding hydrogens is 342 g/mol. The van der Waals surface area contributed by atoms with Crippen LogP contribution in [0.15, 0.2) is 66.6 Å². The summed E-state index contributed by atoms with van der Waals surface area (Å²) < 4.78 is 2.23. The number of nitrogens with zero attached hydrogens (tertiary/aromatic N) is 4. The minimum Gasteiger partial charge on any atom is -0.368 e. The maximum atomic E-state index is 5.69. The van der Waals surface area contributed by atoms with Gasteiger partial charge in [-0.2, -0.15) is 0 Å². The van der Waals surface area contributed by atoms with E-state index in [-0.39, 0.29) is 12.0 Å². The van der Waals surface area contributed by atoms with E-state index in [0.29, 0.717) is 0 Å². The fourth-order valence-electron chi connectivity index (χ4n) is 3.17. The van der Waals surface area contributed by atoms with E-state index < -0.39 is 0 Å². The first kappa shape index (κ1) is 16.5. The van der Waals surface area contributed by atoms with Crippen molar-refractivity contribution in [3.63, 3.8) is 0 Å². The van der Waals surface area contributed by atoms with Crippen LogP contribution in [0.3, 0.4) is 0 Å². The number of thiophene rings is 1. The van der Waals surface area contributed by atoms with E-state index >= 15 is 0 Å². The van der Waals surface area contributed by atoms with Crippen LogP contribution in [0.5, 0.6) is 0 Å². The molecule has 0 aliphatic carbocycles. The highest BCUT2D eigenvalue weighted by atomic mass is 32.1. The Hall–Kier alpha value is -2.99. The van der Waals surface area contributed by atoms with Crippen molar-refractivity contribution in [1.82, 2.24) is 19.5 Å². The minimum absolute atomic E-state index is 0.215. The van der Waals surface area contributed by atoms with Crippen molar-refractivity contribution < 1.29 is 0 Å². The van der Waals surface area contributed by atoms with Gasteiger partial charge in [-0.1, -0.05) is 43.3 Å². The van der Waals surface area contributed by atoms with Gasteiger partial charge in [0, 0.05) is 28.4 Å². The zero-order valence-electron chi connectivity index (χ0n) is 14.4. The lowest BCUT2D eigenvalue weighted by molar-refractivity contribution is 0.580. The molecule has 3 aromatic heterocycles. The Morgan fingerprint density at radius 1 is 1.00 bits per heavy atom. The molecule has 0 radical (unpaired) electrons. The van der Waals surface area contributed by atoms with Gasteiger partial charge >= 0.3 is 0 Å². The third kappa shape index (κ3) is 2.99. The van der Waals surface area contributed by atoms with Crippen molar-refractivity contribution in [1.29, 1.82) is 0 Å². The van der Waals surface area contributed by atoms with E-state index in [1.807, 2.05) is 24.5 Å². The van der Waals surface area contributed by atoms with E-state index in [9.17, 15) is 0 Å². The number of benzene rings is 1. The van der Waals surface area contributed by atoms with E-state index in [1.165, 1.54) is 4.88 Å². The van der Waals surface area contributed by atoms with Crippen LogP contribution in [-0.2, 0) is 0 Å². The number of anilines is 1. The molecule has 2 N–H and O–H groups in total. The summed E-state index contributed by atoms with van der Waals surface area (Å²) in [5.74, 6) is 0.270. The molecule has 4 rings (SSSR count). The second-order valence-corrected chi connectivity index (χ2v) is 6.96. The maximum absolute atomic E-state index is 5.69. The summed E-state index contributed by atoms with van der Waals surface area (Å²) in [6.45, 7) is 2.19. The van der Waals surface area contributed by atoms with Gasteiger partial charge in [-0.3, -0.25) is 0 Å². The highest BCUT2D eigenvalue weighted by Crippen LogP contribution is 2.36. The predicted molar refractivity (Wildman–Crippen MR) is 106 cm³/mol. The lowest BCUT2D eigenvalue weighted by atomic mass is 10.1. The topological polar surface area (TPSA) is 69.6 Å². The number of imidazole rings is 1. The summed E-state index contributed by atoms with van der Waals surface area (Å²) in [5.41, 5.74) is 9.60. The number of rotatable bonds is 5. The number of nitrogens with two attached hydrogens (primary N) is 1. The molecule has 0 aliphatic rings. The fourth-order valence-corrected chi connectivity index (χ4v) is 4.08. The zero-order chi connectivity index (χ0) is 17.9.